The largest absolute Gasteiger partial charge is 0.481 e. The molecule has 116 valence electrons. The second kappa shape index (κ2) is 8.12. The van der Waals surface area contributed by atoms with Crippen LogP contribution in [0.5, 0.6) is 0 Å². The van der Waals surface area contributed by atoms with Gasteiger partial charge >= 0.3 is 12.0 Å². The van der Waals surface area contributed by atoms with Gasteiger partial charge in [0.15, 0.2) is 0 Å². The fraction of sp³-hybridized carbons (Fsp3) is 0.867. The van der Waals surface area contributed by atoms with E-state index in [2.05, 4.69) is 19.2 Å². The number of aliphatic carboxylic acids is 1. The average Bonchev–Trinajstić information content (AvgIpc) is 2.39. The molecule has 20 heavy (non-hydrogen) atoms. The minimum absolute atomic E-state index is 0.0227. The second-order valence-electron chi connectivity index (χ2n) is 6.24. The number of hydrogen-bond donors (Lipinski definition) is 2. The lowest BCUT2D eigenvalue weighted by Gasteiger charge is -2.36. The van der Waals surface area contributed by atoms with Crippen LogP contribution in [0.2, 0.25) is 0 Å². The van der Waals surface area contributed by atoms with Gasteiger partial charge in [0, 0.05) is 25.6 Å². The Kier molecular flexibility index (Phi) is 6.82. The van der Waals surface area contributed by atoms with Crippen LogP contribution in [0.15, 0.2) is 0 Å². The van der Waals surface area contributed by atoms with E-state index in [0.717, 1.165) is 19.4 Å². The number of piperidine rings is 1. The van der Waals surface area contributed by atoms with Gasteiger partial charge in [-0.1, -0.05) is 13.8 Å². The minimum Gasteiger partial charge on any atom is -0.481 e. The predicted molar refractivity (Wildman–Crippen MR) is 78.6 cm³/mol. The lowest BCUT2D eigenvalue weighted by atomic mass is 9.95. The first-order valence-corrected chi connectivity index (χ1v) is 7.66. The first kappa shape index (κ1) is 16.8. The Bertz CT molecular complexity index is 333. The number of rotatable bonds is 6. The highest BCUT2D eigenvalue weighted by Crippen LogP contribution is 2.21. The number of carbonyl (C=O) groups is 2. The molecule has 0 saturated carbocycles. The predicted octanol–water partition coefficient (Wildman–Crippen LogP) is 2.71. The molecule has 0 spiro atoms. The molecule has 3 unspecified atom stereocenters. The van der Waals surface area contributed by atoms with Gasteiger partial charge in [-0.05, 0) is 44.4 Å². The lowest BCUT2D eigenvalue weighted by Crippen LogP contribution is -2.49. The number of nitrogens with zero attached hydrogens (tertiary/aromatic N) is 1. The maximum atomic E-state index is 12.1. The molecule has 0 bridgehead atoms. The molecule has 0 aromatic carbocycles. The number of hydrogen-bond acceptors (Lipinski definition) is 2. The standard InChI is InChI=1S/C15H28N2O3/c1-11(5-7-14(18)19)8-9-16-15(20)17-10-12(2)4-6-13(17)3/h11-13H,4-10H2,1-3H3,(H,16,20)(H,18,19). The van der Waals surface area contributed by atoms with Crippen molar-refractivity contribution in [2.75, 3.05) is 13.1 Å². The van der Waals surface area contributed by atoms with Crippen LogP contribution < -0.4 is 5.32 Å². The van der Waals surface area contributed by atoms with Crippen molar-refractivity contribution < 1.29 is 14.7 Å². The molecule has 2 N–H and O–H groups in total. The van der Waals surface area contributed by atoms with E-state index in [9.17, 15) is 9.59 Å². The van der Waals surface area contributed by atoms with E-state index in [4.69, 9.17) is 5.11 Å². The summed E-state index contributed by atoms with van der Waals surface area (Å²) >= 11 is 0. The highest BCUT2D eigenvalue weighted by Gasteiger charge is 2.26. The van der Waals surface area contributed by atoms with Gasteiger partial charge in [0.1, 0.15) is 0 Å². The van der Waals surface area contributed by atoms with Crippen molar-refractivity contribution in [2.24, 2.45) is 11.8 Å². The fourth-order valence-electron chi connectivity index (χ4n) is 2.61. The average molecular weight is 284 g/mol. The zero-order chi connectivity index (χ0) is 15.1. The molecule has 5 nitrogen and oxygen atoms in total. The van der Waals surface area contributed by atoms with Crippen LogP contribution in [0, 0.1) is 11.8 Å². The summed E-state index contributed by atoms with van der Waals surface area (Å²) < 4.78 is 0. The highest BCUT2D eigenvalue weighted by atomic mass is 16.4. The maximum absolute atomic E-state index is 12.1. The molecule has 0 aromatic rings. The lowest BCUT2D eigenvalue weighted by molar-refractivity contribution is -0.137. The summed E-state index contributed by atoms with van der Waals surface area (Å²) in [7, 11) is 0. The van der Waals surface area contributed by atoms with Crippen molar-refractivity contribution in [1.82, 2.24) is 10.2 Å². The molecule has 0 aromatic heterocycles. The molecule has 1 aliphatic rings. The Labute approximate surface area is 121 Å². The zero-order valence-electron chi connectivity index (χ0n) is 12.9. The molecule has 0 aliphatic carbocycles. The molecule has 2 amide bonds. The van der Waals surface area contributed by atoms with Crippen LogP contribution in [0.3, 0.4) is 0 Å². The SMILES string of the molecule is CC(CCNC(=O)N1CC(C)CCC1C)CCC(=O)O. The smallest absolute Gasteiger partial charge is 0.317 e. The van der Waals surface area contributed by atoms with Crippen LogP contribution in [-0.2, 0) is 4.79 Å². The minimum atomic E-state index is -0.753. The van der Waals surface area contributed by atoms with Crippen molar-refractivity contribution in [3.8, 4) is 0 Å². The number of likely N-dealkylation sites (tertiary alicyclic amines) is 1. The summed E-state index contributed by atoms with van der Waals surface area (Å²) in [6.07, 6.45) is 3.97. The summed E-state index contributed by atoms with van der Waals surface area (Å²) in [4.78, 5) is 24.5. The Morgan fingerprint density at radius 1 is 1.30 bits per heavy atom. The number of urea groups is 1. The fourth-order valence-corrected chi connectivity index (χ4v) is 2.61. The third kappa shape index (κ3) is 5.80. The van der Waals surface area contributed by atoms with E-state index < -0.39 is 5.97 Å². The van der Waals surface area contributed by atoms with Crippen molar-refractivity contribution in [1.29, 1.82) is 0 Å². The summed E-state index contributed by atoms with van der Waals surface area (Å²) in [6, 6.07) is 0.338. The molecule has 1 saturated heterocycles. The Morgan fingerprint density at radius 3 is 2.65 bits per heavy atom. The monoisotopic (exact) mass is 284 g/mol. The quantitative estimate of drug-likeness (QED) is 0.788. The van der Waals surface area contributed by atoms with Crippen molar-refractivity contribution in [2.45, 2.75) is 58.9 Å². The van der Waals surface area contributed by atoms with Gasteiger partial charge in [-0.15, -0.1) is 0 Å². The molecule has 1 rings (SSSR count). The number of carboxylic acids is 1. The Morgan fingerprint density at radius 2 is 2.00 bits per heavy atom. The van der Waals surface area contributed by atoms with E-state index in [1.807, 2.05) is 11.8 Å². The molecule has 1 aliphatic heterocycles. The maximum Gasteiger partial charge on any atom is 0.317 e. The van der Waals surface area contributed by atoms with Gasteiger partial charge in [0.25, 0.3) is 0 Å². The highest BCUT2D eigenvalue weighted by molar-refractivity contribution is 5.74. The molecular weight excluding hydrogens is 256 g/mol. The topological polar surface area (TPSA) is 69.6 Å². The van der Waals surface area contributed by atoms with Crippen LogP contribution >= 0.6 is 0 Å². The van der Waals surface area contributed by atoms with Gasteiger partial charge in [-0.25, -0.2) is 4.79 Å². The van der Waals surface area contributed by atoms with Gasteiger partial charge in [-0.2, -0.15) is 0 Å². The molecular formula is C15H28N2O3. The van der Waals surface area contributed by atoms with Crippen LogP contribution in [0.4, 0.5) is 4.79 Å². The number of carbonyl (C=O) groups excluding carboxylic acids is 1. The van der Waals surface area contributed by atoms with Crippen LogP contribution in [-0.4, -0.2) is 41.1 Å². The Balaban J connectivity index is 2.23. The number of carboxylic acid groups (broad SMARTS) is 1. The molecule has 3 atom stereocenters. The van der Waals surface area contributed by atoms with E-state index in [-0.39, 0.29) is 12.5 Å². The van der Waals surface area contributed by atoms with E-state index >= 15 is 0 Å². The summed E-state index contributed by atoms with van der Waals surface area (Å²) in [6.45, 7) is 7.76. The molecule has 1 heterocycles. The summed E-state index contributed by atoms with van der Waals surface area (Å²) in [5.41, 5.74) is 0. The summed E-state index contributed by atoms with van der Waals surface area (Å²) in [5.74, 6) is 0.146. The first-order chi connectivity index (χ1) is 9.40. The van der Waals surface area contributed by atoms with Crippen molar-refractivity contribution in [3.05, 3.63) is 0 Å². The Hall–Kier alpha value is -1.26. The molecule has 5 heteroatoms. The van der Waals surface area contributed by atoms with Gasteiger partial charge in [0.2, 0.25) is 0 Å². The molecule has 0 radical (unpaired) electrons. The van der Waals surface area contributed by atoms with Crippen LogP contribution in [0.1, 0.15) is 52.9 Å². The number of amides is 2. The van der Waals surface area contributed by atoms with E-state index in [0.29, 0.717) is 30.8 Å². The van der Waals surface area contributed by atoms with Gasteiger partial charge < -0.3 is 15.3 Å². The van der Waals surface area contributed by atoms with Crippen molar-refractivity contribution in [3.63, 3.8) is 0 Å². The number of nitrogens with one attached hydrogen (secondary N) is 1. The van der Waals surface area contributed by atoms with Gasteiger partial charge in [-0.3, -0.25) is 4.79 Å². The van der Waals surface area contributed by atoms with Crippen LogP contribution in [0.25, 0.3) is 0 Å². The summed E-state index contributed by atoms with van der Waals surface area (Å²) in [5, 5.41) is 11.6. The van der Waals surface area contributed by atoms with Gasteiger partial charge in [0.05, 0.1) is 0 Å². The zero-order valence-corrected chi connectivity index (χ0v) is 12.9. The molecule has 1 fully saturated rings. The third-order valence-electron chi connectivity index (χ3n) is 4.14. The van der Waals surface area contributed by atoms with E-state index in [1.54, 1.807) is 0 Å². The normalized spacial score (nSPS) is 24.2. The van der Waals surface area contributed by atoms with E-state index in [1.165, 1.54) is 6.42 Å². The first-order valence-electron chi connectivity index (χ1n) is 7.66. The van der Waals surface area contributed by atoms with Crippen molar-refractivity contribution >= 4 is 12.0 Å². The third-order valence-corrected chi connectivity index (χ3v) is 4.14. The second-order valence-corrected chi connectivity index (χ2v) is 6.24.